The van der Waals surface area contributed by atoms with Gasteiger partial charge < -0.3 is 19.3 Å². The molecule has 3 aliphatic heterocycles. The maximum absolute atomic E-state index is 13.5. The van der Waals surface area contributed by atoms with Crippen LogP contribution in [0.3, 0.4) is 0 Å². The minimum atomic E-state index is -1.30. The van der Waals surface area contributed by atoms with Crippen LogP contribution in [0.4, 0.5) is 15.8 Å². The third-order valence-electron chi connectivity index (χ3n) is 6.32. The van der Waals surface area contributed by atoms with E-state index in [2.05, 4.69) is 4.90 Å². The predicted octanol–water partition coefficient (Wildman–Crippen LogP) is 1.51. The lowest BCUT2D eigenvalue weighted by Gasteiger charge is -2.37. The van der Waals surface area contributed by atoms with E-state index in [9.17, 15) is 9.18 Å². The highest BCUT2D eigenvalue weighted by atomic mass is 19.1. The van der Waals surface area contributed by atoms with Gasteiger partial charge in [-0.2, -0.15) is 0 Å². The molecule has 1 spiro atoms. The number of piperazine rings is 1. The average molecular weight is 412 g/mol. The lowest BCUT2D eigenvalue weighted by molar-refractivity contribution is -0.899. The predicted molar refractivity (Wildman–Crippen MR) is 111 cm³/mol. The molecule has 7 heteroatoms. The number of anilines is 2. The summed E-state index contributed by atoms with van der Waals surface area (Å²) in [5, 5.41) is 0. The van der Waals surface area contributed by atoms with Crippen molar-refractivity contribution in [2.75, 3.05) is 49.3 Å². The Labute approximate surface area is 175 Å². The van der Waals surface area contributed by atoms with Gasteiger partial charge in [0, 0.05) is 11.3 Å². The van der Waals surface area contributed by atoms with Crippen LogP contribution in [0.25, 0.3) is 0 Å². The molecule has 1 amide bonds. The first-order valence-corrected chi connectivity index (χ1v) is 10.6. The normalized spacial score (nSPS) is 27.0. The third-order valence-corrected chi connectivity index (χ3v) is 6.32. The van der Waals surface area contributed by atoms with Crippen LogP contribution < -0.4 is 14.7 Å². The van der Waals surface area contributed by atoms with Crippen molar-refractivity contribution in [3.63, 3.8) is 0 Å². The molecule has 2 aromatic carbocycles. The Morgan fingerprint density at radius 3 is 2.60 bits per heavy atom. The first kappa shape index (κ1) is 19.5. The van der Waals surface area contributed by atoms with Gasteiger partial charge in [0.05, 0.1) is 44.6 Å². The van der Waals surface area contributed by atoms with Gasteiger partial charge >= 0.3 is 0 Å². The highest BCUT2D eigenvalue weighted by Gasteiger charge is 2.56. The maximum Gasteiger partial charge on any atom is 0.296 e. The number of nitrogens with one attached hydrogen (secondary N) is 1. The zero-order chi connectivity index (χ0) is 20.7. The molecule has 3 aliphatic rings. The van der Waals surface area contributed by atoms with E-state index >= 15 is 0 Å². The Morgan fingerprint density at radius 1 is 1.13 bits per heavy atom. The van der Waals surface area contributed by atoms with Gasteiger partial charge in [-0.3, -0.25) is 9.69 Å². The summed E-state index contributed by atoms with van der Waals surface area (Å²) in [4.78, 5) is 18.9. The number of halogens is 1. The third kappa shape index (κ3) is 3.27. The number of benzene rings is 2. The van der Waals surface area contributed by atoms with Crippen LogP contribution in [0.2, 0.25) is 0 Å². The summed E-state index contributed by atoms with van der Waals surface area (Å²) >= 11 is 0. The molecule has 2 saturated heterocycles. The van der Waals surface area contributed by atoms with Gasteiger partial charge in [-0.25, -0.2) is 4.39 Å². The number of hydrogen-bond acceptors (Lipinski definition) is 4. The van der Waals surface area contributed by atoms with E-state index < -0.39 is 5.79 Å². The lowest BCUT2D eigenvalue weighted by atomic mass is 10.1. The van der Waals surface area contributed by atoms with Crippen LogP contribution in [0, 0.1) is 5.82 Å². The van der Waals surface area contributed by atoms with E-state index in [1.54, 1.807) is 0 Å². The van der Waals surface area contributed by atoms with Crippen molar-refractivity contribution in [1.29, 1.82) is 0 Å². The smallest absolute Gasteiger partial charge is 0.296 e. The van der Waals surface area contributed by atoms with Crippen molar-refractivity contribution in [1.82, 2.24) is 0 Å². The van der Waals surface area contributed by atoms with Crippen molar-refractivity contribution in [2.45, 2.75) is 25.2 Å². The molecule has 0 aliphatic carbocycles. The molecule has 2 aromatic rings. The topological polar surface area (TPSA) is 46.5 Å². The molecule has 0 radical (unpaired) electrons. The van der Waals surface area contributed by atoms with Gasteiger partial charge in [-0.1, -0.05) is 18.2 Å². The van der Waals surface area contributed by atoms with Crippen LogP contribution in [-0.2, 0) is 20.1 Å². The summed E-state index contributed by atoms with van der Waals surface area (Å²) in [5.41, 5.74) is 2.73. The largest absolute Gasteiger partial charge is 0.360 e. The van der Waals surface area contributed by atoms with Crippen LogP contribution in [0.5, 0.6) is 0 Å². The van der Waals surface area contributed by atoms with Crippen molar-refractivity contribution in [2.24, 2.45) is 0 Å². The summed E-state index contributed by atoms with van der Waals surface area (Å²) in [6.45, 7) is 6.60. The van der Waals surface area contributed by atoms with Crippen LogP contribution in [-0.4, -0.2) is 51.5 Å². The molecule has 158 valence electrons. The minimum Gasteiger partial charge on any atom is -0.360 e. The second-order valence-corrected chi connectivity index (χ2v) is 8.30. The Hall–Kier alpha value is -2.48. The number of carbonyl (C=O) groups is 1. The van der Waals surface area contributed by atoms with E-state index in [1.807, 2.05) is 48.2 Å². The minimum absolute atomic E-state index is 0.0256. The summed E-state index contributed by atoms with van der Waals surface area (Å²) in [6.07, 6.45) is 0.760. The molecule has 2 atom stereocenters. The molecular formula is C23H27FN3O3+. The zero-order valence-electron chi connectivity index (χ0n) is 17.1. The molecule has 0 unspecified atom stereocenters. The molecule has 2 fully saturated rings. The zero-order valence-corrected chi connectivity index (χ0v) is 17.1. The maximum atomic E-state index is 13.5. The molecular weight excluding hydrogens is 385 g/mol. The SMILES string of the molecule is C[C@H]1CCO[C@@]2(O1)C(=O)N(C[NH+]1CCN(c3ccc(F)cc3)CC1)c1ccccc12. The fourth-order valence-electron chi connectivity index (χ4n) is 4.66. The number of rotatable bonds is 3. The number of quaternary nitrogens is 1. The first-order valence-electron chi connectivity index (χ1n) is 10.6. The highest BCUT2D eigenvalue weighted by Crippen LogP contribution is 2.45. The molecule has 1 N–H and O–H groups in total. The number of hydrogen-bond donors (Lipinski definition) is 1. The van der Waals surface area contributed by atoms with Crippen molar-refractivity contribution in [3.05, 3.63) is 59.9 Å². The summed E-state index contributed by atoms with van der Waals surface area (Å²) in [5.74, 6) is -1.64. The van der Waals surface area contributed by atoms with Gasteiger partial charge in [-0.05, 0) is 43.7 Å². The Morgan fingerprint density at radius 2 is 1.87 bits per heavy atom. The Bertz CT molecular complexity index is 930. The highest BCUT2D eigenvalue weighted by molar-refractivity contribution is 6.05. The van der Waals surface area contributed by atoms with E-state index in [1.165, 1.54) is 17.0 Å². The summed E-state index contributed by atoms with van der Waals surface area (Å²) < 4.78 is 25.3. The van der Waals surface area contributed by atoms with Gasteiger partial charge in [0.25, 0.3) is 11.7 Å². The second-order valence-electron chi connectivity index (χ2n) is 8.30. The molecule has 6 nitrogen and oxygen atoms in total. The fourth-order valence-corrected chi connectivity index (χ4v) is 4.66. The molecule has 0 saturated carbocycles. The van der Waals surface area contributed by atoms with Crippen molar-refractivity contribution >= 4 is 17.3 Å². The van der Waals surface area contributed by atoms with E-state index in [-0.39, 0.29) is 17.8 Å². The lowest BCUT2D eigenvalue weighted by Crippen LogP contribution is -3.16. The molecule has 0 aromatic heterocycles. The summed E-state index contributed by atoms with van der Waals surface area (Å²) in [6, 6.07) is 14.4. The molecule has 30 heavy (non-hydrogen) atoms. The number of carbonyl (C=O) groups excluding carboxylic acids is 1. The van der Waals surface area contributed by atoms with Gasteiger partial charge in [0.2, 0.25) is 0 Å². The number of amides is 1. The first-order chi connectivity index (χ1) is 14.6. The van der Waals surface area contributed by atoms with Gasteiger partial charge in [0.15, 0.2) is 6.67 Å². The number of nitrogens with zero attached hydrogens (tertiary/aromatic N) is 2. The van der Waals surface area contributed by atoms with E-state index in [0.717, 1.165) is 49.5 Å². The molecule has 0 bridgehead atoms. The second kappa shape index (κ2) is 7.65. The fraction of sp³-hybridized carbons (Fsp3) is 0.435. The van der Waals surface area contributed by atoms with E-state index in [4.69, 9.17) is 9.47 Å². The van der Waals surface area contributed by atoms with Crippen LogP contribution in [0.15, 0.2) is 48.5 Å². The van der Waals surface area contributed by atoms with E-state index in [0.29, 0.717) is 13.3 Å². The standard InChI is InChI=1S/C23H26FN3O3/c1-17-10-15-29-23(30-17)20-4-2-3-5-21(20)27(22(23)28)16-25-11-13-26(14-12-25)19-8-6-18(24)7-9-19/h2-9,17H,10-16H2,1H3/p+1/t17-,23-/m0/s1. The van der Waals surface area contributed by atoms with Gasteiger partial charge in [-0.15, -0.1) is 0 Å². The number of ether oxygens (including phenoxy) is 2. The van der Waals surface area contributed by atoms with Crippen molar-refractivity contribution in [3.8, 4) is 0 Å². The quantitative estimate of drug-likeness (QED) is 0.831. The number of para-hydroxylation sites is 1. The van der Waals surface area contributed by atoms with Crippen LogP contribution >= 0.6 is 0 Å². The number of fused-ring (bicyclic) bond motifs is 2. The van der Waals surface area contributed by atoms with Crippen molar-refractivity contribution < 1.29 is 23.6 Å². The molecule has 3 heterocycles. The average Bonchev–Trinajstić information content (AvgIpc) is 2.98. The Balaban J connectivity index is 1.31. The summed E-state index contributed by atoms with van der Waals surface area (Å²) in [7, 11) is 0. The van der Waals surface area contributed by atoms with Gasteiger partial charge in [0.1, 0.15) is 5.82 Å². The van der Waals surface area contributed by atoms with Crippen LogP contribution in [0.1, 0.15) is 18.9 Å². The molecule has 5 rings (SSSR count). The Kier molecular flexibility index (Phi) is 4.97. The monoisotopic (exact) mass is 412 g/mol.